The van der Waals surface area contributed by atoms with Crippen LogP contribution in [0.15, 0.2) is 18.2 Å². The van der Waals surface area contributed by atoms with Crippen molar-refractivity contribution in [1.82, 2.24) is 9.80 Å². The van der Waals surface area contributed by atoms with Gasteiger partial charge < -0.3 is 14.8 Å². The van der Waals surface area contributed by atoms with Gasteiger partial charge in [-0.3, -0.25) is 4.90 Å². The van der Waals surface area contributed by atoms with E-state index in [0.29, 0.717) is 11.8 Å². The molecule has 1 saturated heterocycles. The summed E-state index contributed by atoms with van der Waals surface area (Å²) >= 11 is 0. The van der Waals surface area contributed by atoms with Crippen LogP contribution in [0.2, 0.25) is 0 Å². The maximum Gasteiger partial charge on any atom is 0.141 e. The zero-order valence-corrected chi connectivity index (χ0v) is 13.7. The summed E-state index contributed by atoms with van der Waals surface area (Å²) in [6.07, 6.45) is 8.52. The van der Waals surface area contributed by atoms with Gasteiger partial charge in [0.05, 0.1) is 6.04 Å². The first-order valence-electron chi connectivity index (χ1n) is 9.03. The van der Waals surface area contributed by atoms with E-state index in [1.807, 2.05) is 12.1 Å². The molecule has 0 aromatic heterocycles. The zero-order valence-electron chi connectivity index (χ0n) is 13.7. The smallest absolute Gasteiger partial charge is 0.141 e. The van der Waals surface area contributed by atoms with Gasteiger partial charge >= 0.3 is 0 Å². The lowest BCUT2D eigenvalue weighted by molar-refractivity contribution is -0.114. The topological polar surface area (TPSA) is 43.8 Å². The normalized spacial score (nSPS) is 27.4. The van der Waals surface area contributed by atoms with Crippen LogP contribution in [0.25, 0.3) is 0 Å². The number of likely N-dealkylation sites (tertiary alicyclic amines) is 1. The largest absolute Gasteiger partial charge is 0.508 e. The number of hydrogen-bond acceptors (Lipinski definition) is 4. The number of hydrogen-bond donors (Lipinski definition) is 1. The SMILES string of the molecule is O=CC1c2ccc(O)cc2CCN1C1CCN(C2CCC2)CC1. The van der Waals surface area contributed by atoms with Crippen molar-refractivity contribution < 1.29 is 9.90 Å². The molecule has 1 saturated carbocycles. The van der Waals surface area contributed by atoms with E-state index in [0.717, 1.165) is 36.4 Å². The third-order valence-corrected chi connectivity index (χ3v) is 6.13. The Bertz CT molecular complexity index is 577. The fourth-order valence-electron chi connectivity index (χ4n) is 4.56. The molecule has 1 N–H and O–H groups in total. The van der Waals surface area contributed by atoms with Crippen LogP contribution in [-0.2, 0) is 11.2 Å². The summed E-state index contributed by atoms with van der Waals surface area (Å²) in [7, 11) is 0. The van der Waals surface area contributed by atoms with E-state index in [-0.39, 0.29) is 6.04 Å². The second-order valence-electron chi connectivity index (χ2n) is 7.30. The van der Waals surface area contributed by atoms with E-state index in [1.54, 1.807) is 6.07 Å². The first kappa shape index (κ1) is 15.2. The number of fused-ring (bicyclic) bond motifs is 1. The number of rotatable bonds is 3. The third-order valence-electron chi connectivity index (χ3n) is 6.13. The van der Waals surface area contributed by atoms with Crippen LogP contribution in [-0.4, -0.2) is 52.9 Å². The molecule has 0 spiro atoms. The Morgan fingerprint density at radius 3 is 2.48 bits per heavy atom. The average molecular weight is 314 g/mol. The molecule has 2 heterocycles. The number of phenols is 1. The Balaban J connectivity index is 1.47. The van der Waals surface area contributed by atoms with Gasteiger partial charge in [-0.2, -0.15) is 0 Å². The van der Waals surface area contributed by atoms with Crippen molar-refractivity contribution in [3.05, 3.63) is 29.3 Å². The molecular weight excluding hydrogens is 288 g/mol. The number of benzene rings is 1. The summed E-state index contributed by atoms with van der Waals surface area (Å²) in [5.74, 6) is 0.302. The number of aldehydes is 1. The third kappa shape index (κ3) is 2.79. The Hall–Kier alpha value is -1.39. The van der Waals surface area contributed by atoms with Crippen LogP contribution < -0.4 is 0 Å². The van der Waals surface area contributed by atoms with Crippen LogP contribution in [0.4, 0.5) is 0 Å². The standard InChI is InChI=1S/C19H26N2O2/c22-13-19-18-5-4-17(23)12-14(18)6-11-21(19)16-7-9-20(10-8-16)15-2-1-3-15/h4-5,12-13,15-16,19,23H,1-3,6-11H2. The molecule has 2 aliphatic heterocycles. The van der Waals surface area contributed by atoms with Gasteiger partial charge in [-0.15, -0.1) is 0 Å². The molecule has 4 heteroatoms. The molecule has 3 aliphatic rings. The molecule has 0 amide bonds. The number of piperidine rings is 1. The molecule has 1 aromatic carbocycles. The zero-order chi connectivity index (χ0) is 15.8. The lowest BCUT2D eigenvalue weighted by Crippen LogP contribution is -2.52. The minimum absolute atomic E-state index is 0.139. The van der Waals surface area contributed by atoms with E-state index >= 15 is 0 Å². The molecule has 23 heavy (non-hydrogen) atoms. The Morgan fingerprint density at radius 2 is 1.83 bits per heavy atom. The first-order valence-corrected chi connectivity index (χ1v) is 9.03. The molecule has 1 aromatic rings. The van der Waals surface area contributed by atoms with Gasteiger partial charge in [-0.05, 0) is 68.5 Å². The van der Waals surface area contributed by atoms with Crippen molar-refractivity contribution >= 4 is 6.29 Å². The number of carbonyl (C=O) groups is 1. The maximum atomic E-state index is 11.8. The van der Waals surface area contributed by atoms with Gasteiger partial charge in [-0.1, -0.05) is 12.5 Å². The van der Waals surface area contributed by atoms with Crippen molar-refractivity contribution in [3.8, 4) is 5.75 Å². The highest BCUT2D eigenvalue weighted by molar-refractivity contribution is 5.64. The van der Waals surface area contributed by atoms with Gasteiger partial charge in [0.2, 0.25) is 0 Å². The molecule has 1 unspecified atom stereocenters. The van der Waals surface area contributed by atoms with Crippen LogP contribution in [0.1, 0.15) is 49.3 Å². The van der Waals surface area contributed by atoms with Gasteiger partial charge in [0.25, 0.3) is 0 Å². The fraction of sp³-hybridized carbons (Fsp3) is 0.632. The Labute approximate surface area is 138 Å². The van der Waals surface area contributed by atoms with E-state index in [1.165, 1.54) is 45.2 Å². The van der Waals surface area contributed by atoms with Crippen LogP contribution >= 0.6 is 0 Å². The molecule has 4 rings (SSSR count). The molecule has 4 nitrogen and oxygen atoms in total. The highest BCUT2D eigenvalue weighted by atomic mass is 16.3. The van der Waals surface area contributed by atoms with E-state index in [2.05, 4.69) is 9.80 Å². The van der Waals surface area contributed by atoms with Crippen molar-refractivity contribution in [2.45, 2.75) is 56.7 Å². The Morgan fingerprint density at radius 1 is 1.04 bits per heavy atom. The number of nitrogens with zero attached hydrogens (tertiary/aromatic N) is 2. The molecule has 124 valence electrons. The molecular formula is C19H26N2O2. The van der Waals surface area contributed by atoms with Crippen molar-refractivity contribution in [2.24, 2.45) is 0 Å². The predicted octanol–water partition coefficient (Wildman–Crippen LogP) is 2.51. The minimum Gasteiger partial charge on any atom is -0.508 e. The summed E-state index contributed by atoms with van der Waals surface area (Å²) < 4.78 is 0. The van der Waals surface area contributed by atoms with Gasteiger partial charge in [0.1, 0.15) is 12.0 Å². The second-order valence-corrected chi connectivity index (χ2v) is 7.30. The molecule has 0 radical (unpaired) electrons. The van der Waals surface area contributed by atoms with E-state index < -0.39 is 0 Å². The number of carbonyl (C=O) groups excluding carboxylic acids is 1. The predicted molar refractivity (Wildman–Crippen MR) is 89.6 cm³/mol. The van der Waals surface area contributed by atoms with Gasteiger partial charge in [-0.25, -0.2) is 0 Å². The number of phenolic OH excluding ortho intramolecular Hbond substituents is 1. The maximum absolute atomic E-state index is 11.8. The summed E-state index contributed by atoms with van der Waals surface area (Å²) in [4.78, 5) is 16.8. The van der Waals surface area contributed by atoms with Crippen LogP contribution in [0, 0.1) is 0 Å². The van der Waals surface area contributed by atoms with E-state index in [9.17, 15) is 9.90 Å². The van der Waals surface area contributed by atoms with Crippen molar-refractivity contribution in [3.63, 3.8) is 0 Å². The second kappa shape index (κ2) is 6.25. The highest BCUT2D eigenvalue weighted by Gasteiger charge is 2.36. The quantitative estimate of drug-likeness (QED) is 0.871. The molecule has 1 atom stereocenters. The monoisotopic (exact) mass is 314 g/mol. The van der Waals surface area contributed by atoms with Crippen LogP contribution in [0.3, 0.4) is 0 Å². The summed E-state index contributed by atoms with van der Waals surface area (Å²) in [5, 5.41) is 9.66. The van der Waals surface area contributed by atoms with Crippen LogP contribution in [0.5, 0.6) is 5.75 Å². The summed E-state index contributed by atoms with van der Waals surface area (Å²) in [6.45, 7) is 3.29. The van der Waals surface area contributed by atoms with Crippen molar-refractivity contribution in [2.75, 3.05) is 19.6 Å². The van der Waals surface area contributed by atoms with E-state index in [4.69, 9.17) is 0 Å². The highest BCUT2D eigenvalue weighted by Crippen LogP contribution is 2.35. The number of aromatic hydroxyl groups is 1. The van der Waals surface area contributed by atoms with Gasteiger partial charge in [0.15, 0.2) is 0 Å². The first-order chi connectivity index (χ1) is 11.3. The summed E-state index contributed by atoms with van der Waals surface area (Å²) in [6, 6.07) is 6.67. The fourth-order valence-corrected chi connectivity index (χ4v) is 4.56. The molecule has 2 fully saturated rings. The molecule has 0 bridgehead atoms. The lowest BCUT2D eigenvalue weighted by atomic mass is 9.87. The average Bonchev–Trinajstić information content (AvgIpc) is 2.53. The Kier molecular flexibility index (Phi) is 4.12. The summed E-state index contributed by atoms with van der Waals surface area (Å²) in [5.41, 5.74) is 2.22. The lowest BCUT2D eigenvalue weighted by Gasteiger charge is -2.46. The van der Waals surface area contributed by atoms with Gasteiger partial charge in [0, 0.05) is 18.6 Å². The minimum atomic E-state index is -0.139. The van der Waals surface area contributed by atoms with Crippen molar-refractivity contribution in [1.29, 1.82) is 0 Å². The molecule has 1 aliphatic carbocycles.